The van der Waals surface area contributed by atoms with Crippen molar-refractivity contribution in [2.45, 2.75) is 58.9 Å². The fourth-order valence-electron chi connectivity index (χ4n) is 3.51. The lowest BCUT2D eigenvalue weighted by atomic mass is 9.93. The third kappa shape index (κ3) is 3.87. The molecule has 0 aliphatic heterocycles. The predicted molar refractivity (Wildman–Crippen MR) is 110 cm³/mol. The van der Waals surface area contributed by atoms with Crippen molar-refractivity contribution in [3.8, 4) is 0 Å². The number of benzene rings is 1. The first-order valence-electron chi connectivity index (χ1n) is 9.31. The van der Waals surface area contributed by atoms with Crippen LogP contribution in [0, 0.1) is 6.92 Å². The van der Waals surface area contributed by atoms with Gasteiger partial charge in [0.1, 0.15) is 5.52 Å². The van der Waals surface area contributed by atoms with Gasteiger partial charge in [-0.1, -0.05) is 44.7 Å². The molecule has 0 spiro atoms. The summed E-state index contributed by atoms with van der Waals surface area (Å²) in [6.45, 7) is 4.09. The third-order valence-electron chi connectivity index (χ3n) is 5.22. The predicted octanol–water partition coefficient (Wildman–Crippen LogP) is 5.23. The van der Waals surface area contributed by atoms with Gasteiger partial charge in [0.2, 0.25) is 11.9 Å². The van der Waals surface area contributed by atoms with Gasteiger partial charge in [0, 0.05) is 18.7 Å². The van der Waals surface area contributed by atoms with Gasteiger partial charge in [-0.05, 0) is 49.3 Å². The number of fused-ring (bicyclic) bond motifs is 1. The second kappa shape index (κ2) is 7.91. The molecule has 1 N–H and O–H groups in total. The molecule has 4 rings (SSSR count). The average Bonchev–Trinajstić information content (AvgIpc) is 2.91. The number of aryl methyl sites for hydroxylation is 1. The summed E-state index contributed by atoms with van der Waals surface area (Å²) in [5, 5.41) is 3.04. The molecule has 142 valence electrons. The number of nitrogens with one attached hydrogen (secondary N) is 1. The number of pyridine rings is 1. The van der Waals surface area contributed by atoms with Crippen molar-refractivity contribution < 1.29 is 4.79 Å². The smallest absolute Gasteiger partial charge is 0.227 e. The number of carbonyl (C=O) groups excluding carboxylic acids is 1. The fourth-order valence-corrected chi connectivity index (χ4v) is 3.51. The average molecular weight is 364 g/mol. The molecule has 0 unspecified atom stereocenters. The maximum absolute atomic E-state index is 12.6. The van der Waals surface area contributed by atoms with E-state index in [4.69, 9.17) is 0 Å². The van der Waals surface area contributed by atoms with Crippen molar-refractivity contribution in [2.24, 2.45) is 0 Å². The molecule has 2 heterocycles. The first-order chi connectivity index (χ1) is 12.6. The van der Waals surface area contributed by atoms with Crippen LogP contribution in [0.15, 0.2) is 42.6 Å². The van der Waals surface area contributed by atoms with E-state index in [1.165, 1.54) is 12.0 Å². The van der Waals surface area contributed by atoms with E-state index in [2.05, 4.69) is 38.9 Å². The molecule has 5 nitrogen and oxygen atoms in total. The molecule has 0 bridgehead atoms. The van der Waals surface area contributed by atoms with E-state index in [1.54, 1.807) is 0 Å². The lowest BCUT2D eigenvalue weighted by molar-refractivity contribution is -0.116. The first-order valence-corrected chi connectivity index (χ1v) is 9.31. The largest absolute Gasteiger partial charge is 0.296 e. The zero-order valence-electron chi connectivity index (χ0n) is 15.3. The fraction of sp³-hybridized carbons (Fsp3) is 0.409. The second-order valence-electron chi connectivity index (χ2n) is 7.31. The van der Waals surface area contributed by atoms with E-state index in [0.717, 1.165) is 29.6 Å². The van der Waals surface area contributed by atoms with Crippen molar-refractivity contribution in [1.29, 1.82) is 0 Å². The van der Waals surface area contributed by atoms with Gasteiger partial charge in [-0.25, -0.2) is 9.97 Å². The summed E-state index contributed by atoms with van der Waals surface area (Å²) in [4.78, 5) is 21.9. The minimum atomic E-state index is -0.00560. The molecular formula is C22H28N4O. The van der Waals surface area contributed by atoms with Gasteiger partial charge >= 0.3 is 0 Å². The summed E-state index contributed by atoms with van der Waals surface area (Å²) in [5.74, 6) is 0.792. The van der Waals surface area contributed by atoms with Gasteiger partial charge in [-0.3, -0.25) is 14.7 Å². The highest BCUT2D eigenvalue weighted by Gasteiger charge is 2.26. The van der Waals surface area contributed by atoms with Gasteiger partial charge in [-0.2, -0.15) is 0 Å². The highest BCUT2D eigenvalue weighted by atomic mass is 16.1. The number of amides is 1. The van der Waals surface area contributed by atoms with E-state index in [9.17, 15) is 4.79 Å². The van der Waals surface area contributed by atoms with Crippen molar-refractivity contribution in [2.75, 3.05) is 5.32 Å². The van der Waals surface area contributed by atoms with E-state index in [1.807, 2.05) is 37.4 Å². The second-order valence-corrected chi connectivity index (χ2v) is 7.31. The maximum atomic E-state index is 12.6. The van der Waals surface area contributed by atoms with Crippen LogP contribution in [-0.2, 0) is 4.79 Å². The summed E-state index contributed by atoms with van der Waals surface area (Å²) >= 11 is 0. The molecule has 1 amide bonds. The molecule has 27 heavy (non-hydrogen) atoms. The Morgan fingerprint density at radius 3 is 2.70 bits per heavy atom. The number of hydrogen-bond acceptors (Lipinski definition) is 3. The third-order valence-corrected chi connectivity index (χ3v) is 5.22. The van der Waals surface area contributed by atoms with E-state index < -0.39 is 0 Å². The van der Waals surface area contributed by atoms with E-state index >= 15 is 0 Å². The lowest BCUT2D eigenvalue weighted by Gasteiger charge is -2.28. The zero-order valence-corrected chi connectivity index (χ0v) is 15.3. The Labute approximate surface area is 160 Å². The van der Waals surface area contributed by atoms with Crippen molar-refractivity contribution in [3.05, 3.63) is 53.7 Å². The van der Waals surface area contributed by atoms with E-state index in [-0.39, 0.29) is 19.3 Å². The Morgan fingerprint density at radius 1 is 1.30 bits per heavy atom. The molecule has 1 aliphatic carbocycles. The highest BCUT2D eigenvalue weighted by molar-refractivity contribution is 5.91. The summed E-state index contributed by atoms with van der Waals surface area (Å²) in [7, 11) is 0. The SMILES string of the molecule is C.Cc1cnc2c(c1)nc(NC(=O)C[C@H](C)c1ccccc1)n2C1CCC1. The van der Waals surface area contributed by atoms with Crippen LogP contribution in [0.25, 0.3) is 11.2 Å². The molecule has 0 radical (unpaired) electrons. The molecule has 1 atom stereocenters. The molecule has 1 saturated carbocycles. The van der Waals surface area contributed by atoms with Gasteiger partial charge in [0.25, 0.3) is 0 Å². The number of nitrogens with zero attached hydrogens (tertiary/aromatic N) is 3. The van der Waals surface area contributed by atoms with Gasteiger partial charge in [0.05, 0.1) is 0 Å². The number of carbonyl (C=O) groups is 1. The first kappa shape index (κ1) is 19.1. The Morgan fingerprint density at radius 2 is 2.04 bits per heavy atom. The van der Waals surface area contributed by atoms with Crippen LogP contribution < -0.4 is 5.32 Å². The molecule has 1 aliphatic rings. The van der Waals surface area contributed by atoms with Crippen LogP contribution in [0.4, 0.5) is 5.95 Å². The molecule has 1 aromatic carbocycles. The monoisotopic (exact) mass is 364 g/mol. The van der Waals surface area contributed by atoms with Crippen molar-refractivity contribution in [1.82, 2.24) is 14.5 Å². The van der Waals surface area contributed by atoms with Crippen molar-refractivity contribution >= 4 is 23.0 Å². The molecule has 2 aromatic heterocycles. The quantitative estimate of drug-likeness (QED) is 0.674. The van der Waals surface area contributed by atoms with Crippen molar-refractivity contribution in [3.63, 3.8) is 0 Å². The molecule has 3 aromatic rings. The highest BCUT2D eigenvalue weighted by Crippen LogP contribution is 2.36. The molecule has 5 heteroatoms. The normalized spacial score (nSPS) is 15.0. The molecule has 0 saturated heterocycles. The Balaban J connectivity index is 0.00000210. The molecule has 1 fully saturated rings. The molecular weight excluding hydrogens is 336 g/mol. The number of aromatic nitrogens is 3. The summed E-state index contributed by atoms with van der Waals surface area (Å²) < 4.78 is 2.11. The number of hydrogen-bond donors (Lipinski definition) is 1. The number of imidazole rings is 1. The Bertz CT molecular complexity index is 928. The van der Waals surface area contributed by atoms with Crippen LogP contribution in [-0.4, -0.2) is 20.4 Å². The summed E-state index contributed by atoms with van der Waals surface area (Å²) in [6, 6.07) is 12.5. The Hall–Kier alpha value is -2.69. The van der Waals surface area contributed by atoms with Crippen LogP contribution in [0.1, 0.15) is 63.1 Å². The number of rotatable bonds is 5. The van der Waals surface area contributed by atoms with Crippen LogP contribution in [0.5, 0.6) is 0 Å². The summed E-state index contributed by atoms with van der Waals surface area (Å²) in [6.07, 6.45) is 5.75. The van der Waals surface area contributed by atoms with E-state index in [0.29, 0.717) is 18.4 Å². The van der Waals surface area contributed by atoms with Crippen LogP contribution in [0.2, 0.25) is 0 Å². The van der Waals surface area contributed by atoms with Gasteiger partial charge in [-0.15, -0.1) is 0 Å². The maximum Gasteiger partial charge on any atom is 0.227 e. The number of anilines is 1. The minimum absolute atomic E-state index is 0. The van der Waals surface area contributed by atoms with Gasteiger partial charge < -0.3 is 0 Å². The lowest BCUT2D eigenvalue weighted by Crippen LogP contribution is -2.23. The van der Waals surface area contributed by atoms with Crippen LogP contribution >= 0.6 is 0 Å². The minimum Gasteiger partial charge on any atom is -0.296 e. The Kier molecular flexibility index (Phi) is 5.59. The standard InChI is InChI=1S/C21H24N4O.CH4/c1-14-11-18-20(22-13-14)25(17-9-6-10-17)21(23-18)24-19(26)12-15(2)16-7-4-3-5-8-16;/h3-5,7-8,11,13,15,17H,6,9-10,12H2,1-2H3,(H,23,24,26);1H4/t15-;/m0./s1. The van der Waals surface area contributed by atoms with Crippen LogP contribution in [0.3, 0.4) is 0 Å². The topological polar surface area (TPSA) is 59.8 Å². The summed E-state index contributed by atoms with van der Waals surface area (Å²) in [5.41, 5.74) is 3.97. The van der Waals surface area contributed by atoms with Gasteiger partial charge in [0.15, 0.2) is 5.65 Å². The zero-order chi connectivity index (χ0) is 18.1.